The summed E-state index contributed by atoms with van der Waals surface area (Å²) in [6, 6.07) is 8.55. The van der Waals surface area contributed by atoms with Gasteiger partial charge >= 0.3 is 0 Å². The molecule has 1 aromatic rings. The van der Waals surface area contributed by atoms with Crippen LogP contribution in [-0.2, 0) is 0 Å². The van der Waals surface area contributed by atoms with Crippen molar-refractivity contribution in [1.82, 2.24) is 5.32 Å². The molecule has 2 nitrogen and oxygen atoms in total. The summed E-state index contributed by atoms with van der Waals surface area (Å²) in [6.45, 7) is 9.77. The van der Waals surface area contributed by atoms with Gasteiger partial charge in [-0.3, -0.25) is 0 Å². The van der Waals surface area contributed by atoms with Crippen LogP contribution in [0, 0.1) is 0 Å². The minimum Gasteiger partial charge on any atom is -0.493 e. The third kappa shape index (κ3) is 4.61. The van der Waals surface area contributed by atoms with Gasteiger partial charge in [-0.1, -0.05) is 31.2 Å². The lowest BCUT2D eigenvalue weighted by Crippen LogP contribution is -2.20. The average molecular weight is 233 g/mol. The van der Waals surface area contributed by atoms with Crippen molar-refractivity contribution >= 4 is 0 Å². The van der Waals surface area contributed by atoms with E-state index in [0.717, 1.165) is 25.1 Å². The summed E-state index contributed by atoms with van der Waals surface area (Å²) in [5.41, 5.74) is 1.23. The second-order valence-corrected chi connectivity index (χ2v) is 4.14. The maximum absolute atomic E-state index is 5.77. The molecule has 0 aliphatic rings. The number of benzene rings is 1. The molecule has 0 aliphatic carbocycles. The minimum atomic E-state index is 0.329. The van der Waals surface area contributed by atoms with E-state index in [0.29, 0.717) is 12.6 Å². The van der Waals surface area contributed by atoms with E-state index < -0.39 is 0 Å². The van der Waals surface area contributed by atoms with Gasteiger partial charge in [0.25, 0.3) is 0 Å². The summed E-state index contributed by atoms with van der Waals surface area (Å²) in [4.78, 5) is 0. The van der Waals surface area contributed by atoms with Crippen molar-refractivity contribution in [2.45, 2.75) is 32.7 Å². The fourth-order valence-corrected chi connectivity index (χ4v) is 1.69. The molecule has 1 rings (SSSR count). The highest BCUT2D eigenvalue weighted by Gasteiger charge is 2.09. The van der Waals surface area contributed by atoms with Gasteiger partial charge in [0, 0.05) is 11.6 Å². The molecule has 1 unspecified atom stereocenters. The van der Waals surface area contributed by atoms with E-state index in [2.05, 4.69) is 37.9 Å². The summed E-state index contributed by atoms with van der Waals surface area (Å²) in [6.07, 6.45) is 3.90. The van der Waals surface area contributed by atoms with Crippen molar-refractivity contribution in [3.05, 3.63) is 42.5 Å². The van der Waals surface area contributed by atoms with Gasteiger partial charge < -0.3 is 10.1 Å². The largest absolute Gasteiger partial charge is 0.493 e. The number of hydrogen-bond acceptors (Lipinski definition) is 2. The SMILES string of the molecule is C=CCCOc1ccccc1C(C)NCCC. The Hall–Kier alpha value is -1.28. The first kappa shape index (κ1) is 13.8. The number of hydrogen-bond donors (Lipinski definition) is 1. The Bertz CT molecular complexity index is 335. The van der Waals surface area contributed by atoms with Crippen LogP contribution in [-0.4, -0.2) is 13.2 Å². The van der Waals surface area contributed by atoms with Crippen molar-refractivity contribution in [2.24, 2.45) is 0 Å². The average Bonchev–Trinajstić information content (AvgIpc) is 2.37. The van der Waals surface area contributed by atoms with Crippen LogP contribution in [0.4, 0.5) is 0 Å². The molecular formula is C15H23NO. The number of rotatable bonds is 8. The van der Waals surface area contributed by atoms with E-state index in [1.165, 1.54) is 5.56 Å². The van der Waals surface area contributed by atoms with E-state index in [4.69, 9.17) is 4.74 Å². The molecule has 0 fully saturated rings. The summed E-state index contributed by atoms with van der Waals surface area (Å²) in [7, 11) is 0. The molecule has 0 amide bonds. The quantitative estimate of drug-likeness (QED) is 0.546. The fraction of sp³-hybridized carbons (Fsp3) is 0.467. The van der Waals surface area contributed by atoms with Gasteiger partial charge in [0.1, 0.15) is 5.75 Å². The zero-order valence-corrected chi connectivity index (χ0v) is 10.9. The summed E-state index contributed by atoms with van der Waals surface area (Å²) in [5, 5.41) is 3.48. The van der Waals surface area contributed by atoms with Crippen LogP contribution in [0.5, 0.6) is 5.75 Å². The van der Waals surface area contributed by atoms with Crippen LogP contribution < -0.4 is 10.1 Å². The monoisotopic (exact) mass is 233 g/mol. The maximum atomic E-state index is 5.77. The van der Waals surface area contributed by atoms with Gasteiger partial charge in [0.05, 0.1) is 6.61 Å². The predicted molar refractivity (Wildman–Crippen MR) is 73.5 cm³/mol. The zero-order valence-electron chi connectivity index (χ0n) is 10.9. The lowest BCUT2D eigenvalue weighted by molar-refractivity contribution is 0.318. The number of ether oxygens (including phenoxy) is 1. The molecule has 0 aliphatic heterocycles. The molecule has 0 saturated carbocycles. The molecule has 2 heteroatoms. The van der Waals surface area contributed by atoms with Gasteiger partial charge in [0.2, 0.25) is 0 Å². The van der Waals surface area contributed by atoms with Gasteiger partial charge in [-0.2, -0.15) is 0 Å². The van der Waals surface area contributed by atoms with Gasteiger partial charge in [0.15, 0.2) is 0 Å². The second kappa shape index (κ2) is 7.91. The topological polar surface area (TPSA) is 21.3 Å². The van der Waals surface area contributed by atoms with E-state index in [1.807, 2.05) is 18.2 Å². The van der Waals surface area contributed by atoms with Crippen LogP contribution in [0.2, 0.25) is 0 Å². The van der Waals surface area contributed by atoms with Crippen LogP contribution in [0.3, 0.4) is 0 Å². The smallest absolute Gasteiger partial charge is 0.124 e. The molecule has 0 heterocycles. The maximum Gasteiger partial charge on any atom is 0.124 e. The first-order valence-electron chi connectivity index (χ1n) is 6.35. The lowest BCUT2D eigenvalue weighted by Gasteiger charge is -2.17. The van der Waals surface area contributed by atoms with E-state index in [-0.39, 0.29) is 0 Å². The molecule has 1 atom stereocenters. The van der Waals surface area contributed by atoms with Crippen LogP contribution >= 0.6 is 0 Å². The van der Waals surface area contributed by atoms with E-state index in [1.54, 1.807) is 0 Å². The van der Waals surface area contributed by atoms with Crippen molar-refractivity contribution in [3.8, 4) is 5.75 Å². The van der Waals surface area contributed by atoms with Crippen molar-refractivity contribution in [2.75, 3.05) is 13.2 Å². The highest BCUT2D eigenvalue weighted by Crippen LogP contribution is 2.24. The molecule has 0 radical (unpaired) electrons. The molecular weight excluding hydrogens is 210 g/mol. The number of para-hydroxylation sites is 1. The normalized spacial score (nSPS) is 12.1. The minimum absolute atomic E-state index is 0.329. The first-order chi connectivity index (χ1) is 8.29. The fourth-order valence-electron chi connectivity index (χ4n) is 1.69. The third-order valence-corrected chi connectivity index (χ3v) is 2.67. The predicted octanol–water partition coefficient (Wildman–Crippen LogP) is 3.70. The molecule has 0 aromatic heterocycles. The summed E-state index contributed by atoms with van der Waals surface area (Å²) >= 11 is 0. The lowest BCUT2D eigenvalue weighted by atomic mass is 10.1. The summed E-state index contributed by atoms with van der Waals surface area (Å²) < 4.78 is 5.77. The second-order valence-electron chi connectivity index (χ2n) is 4.14. The van der Waals surface area contributed by atoms with Crippen molar-refractivity contribution < 1.29 is 4.74 Å². The zero-order chi connectivity index (χ0) is 12.5. The van der Waals surface area contributed by atoms with E-state index >= 15 is 0 Å². The molecule has 1 N–H and O–H groups in total. The third-order valence-electron chi connectivity index (χ3n) is 2.67. The van der Waals surface area contributed by atoms with Gasteiger partial charge in [-0.15, -0.1) is 6.58 Å². The Morgan fingerprint density at radius 1 is 1.41 bits per heavy atom. The van der Waals surface area contributed by atoms with Gasteiger partial charge in [-0.05, 0) is 32.4 Å². The van der Waals surface area contributed by atoms with Crippen LogP contribution in [0.25, 0.3) is 0 Å². The van der Waals surface area contributed by atoms with Crippen LogP contribution in [0.1, 0.15) is 38.3 Å². The van der Waals surface area contributed by atoms with Crippen molar-refractivity contribution in [1.29, 1.82) is 0 Å². The summed E-state index contributed by atoms with van der Waals surface area (Å²) in [5.74, 6) is 0.977. The highest BCUT2D eigenvalue weighted by molar-refractivity contribution is 5.35. The molecule has 1 aromatic carbocycles. The Morgan fingerprint density at radius 2 is 2.18 bits per heavy atom. The molecule has 94 valence electrons. The van der Waals surface area contributed by atoms with Gasteiger partial charge in [-0.25, -0.2) is 0 Å². The Labute approximate surface area is 105 Å². The van der Waals surface area contributed by atoms with Crippen LogP contribution in [0.15, 0.2) is 36.9 Å². The molecule has 0 spiro atoms. The molecule has 0 bridgehead atoms. The molecule has 0 saturated heterocycles. The standard InChI is InChI=1S/C15H23NO/c1-4-6-12-17-15-10-8-7-9-14(15)13(3)16-11-5-2/h4,7-10,13,16H,1,5-6,11-12H2,2-3H3. The Balaban J connectivity index is 2.65. The highest BCUT2D eigenvalue weighted by atomic mass is 16.5. The Morgan fingerprint density at radius 3 is 2.88 bits per heavy atom. The van der Waals surface area contributed by atoms with E-state index in [9.17, 15) is 0 Å². The van der Waals surface area contributed by atoms with Crippen molar-refractivity contribution in [3.63, 3.8) is 0 Å². The Kier molecular flexibility index (Phi) is 6.41. The first-order valence-corrected chi connectivity index (χ1v) is 6.35. The molecule has 17 heavy (non-hydrogen) atoms. The number of nitrogens with one attached hydrogen (secondary N) is 1.